The summed E-state index contributed by atoms with van der Waals surface area (Å²) in [5, 5.41) is 2.73. The monoisotopic (exact) mass is 355 g/mol. The van der Waals surface area contributed by atoms with E-state index in [2.05, 4.69) is 5.32 Å². The van der Waals surface area contributed by atoms with Crippen molar-refractivity contribution < 1.29 is 19.1 Å². The zero-order valence-corrected chi connectivity index (χ0v) is 15.5. The lowest BCUT2D eigenvalue weighted by molar-refractivity contribution is -0.150. The second-order valence-corrected chi connectivity index (χ2v) is 7.02. The number of carbonyl (C=O) groups is 2. The maximum absolute atomic E-state index is 11.8. The molecule has 138 valence electrons. The van der Waals surface area contributed by atoms with Crippen molar-refractivity contribution in [2.45, 2.75) is 32.7 Å². The molecule has 0 bridgehead atoms. The van der Waals surface area contributed by atoms with Crippen LogP contribution < -0.4 is 10.1 Å². The van der Waals surface area contributed by atoms with Crippen LogP contribution in [-0.2, 0) is 20.7 Å². The topological polar surface area (TPSA) is 64.6 Å². The number of hydrogen-bond donors (Lipinski definition) is 1. The molecule has 0 spiro atoms. The van der Waals surface area contributed by atoms with Gasteiger partial charge in [0.25, 0.3) is 5.91 Å². The van der Waals surface area contributed by atoms with Crippen LogP contribution in [0.15, 0.2) is 54.6 Å². The average Bonchev–Trinajstić information content (AvgIpc) is 2.59. The largest absolute Gasteiger partial charge is 0.482 e. The van der Waals surface area contributed by atoms with E-state index in [0.717, 1.165) is 11.1 Å². The van der Waals surface area contributed by atoms with Crippen LogP contribution in [0.4, 0.5) is 0 Å². The van der Waals surface area contributed by atoms with Crippen LogP contribution in [0.2, 0.25) is 0 Å². The van der Waals surface area contributed by atoms with Gasteiger partial charge < -0.3 is 14.8 Å². The zero-order chi connectivity index (χ0) is 19.0. The Labute approximate surface area is 154 Å². The van der Waals surface area contributed by atoms with E-state index in [-0.39, 0.29) is 24.7 Å². The first-order valence-corrected chi connectivity index (χ1v) is 8.55. The molecular weight excluding hydrogens is 330 g/mol. The van der Waals surface area contributed by atoms with Crippen LogP contribution in [0.5, 0.6) is 5.75 Å². The van der Waals surface area contributed by atoms with Crippen LogP contribution >= 0.6 is 0 Å². The number of amides is 1. The van der Waals surface area contributed by atoms with Crippen molar-refractivity contribution in [2.75, 3.05) is 13.2 Å². The van der Waals surface area contributed by atoms with Crippen molar-refractivity contribution in [1.29, 1.82) is 0 Å². The first-order chi connectivity index (χ1) is 12.3. The van der Waals surface area contributed by atoms with Gasteiger partial charge >= 0.3 is 5.97 Å². The molecule has 2 aromatic rings. The highest BCUT2D eigenvalue weighted by Gasteiger charge is 2.15. The highest BCUT2D eigenvalue weighted by Crippen LogP contribution is 2.21. The fourth-order valence-corrected chi connectivity index (χ4v) is 2.39. The number of para-hydroxylation sites is 1. The summed E-state index contributed by atoms with van der Waals surface area (Å²) >= 11 is 0. The fraction of sp³-hybridized carbons (Fsp3) is 0.333. The number of nitrogens with one attached hydrogen (secondary N) is 1. The summed E-state index contributed by atoms with van der Waals surface area (Å²) in [4.78, 5) is 23.5. The Morgan fingerprint density at radius 2 is 1.58 bits per heavy atom. The maximum atomic E-state index is 11.8. The van der Waals surface area contributed by atoms with Crippen LogP contribution in [-0.4, -0.2) is 30.6 Å². The van der Waals surface area contributed by atoms with Gasteiger partial charge in [-0.1, -0.05) is 48.5 Å². The summed E-state index contributed by atoms with van der Waals surface area (Å²) in [5.41, 5.74) is 1.78. The van der Waals surface area contributed by atoms with E-state index in [1.807, 2.05) is 75.4 Å². The van der Waals surface area contributed by atoms with Gasteiger partial charge in [0.2, 0.25) is 0 Å². The predicted octanol–water partition coefficient (Wildman–Crippen LogP) is 3.11. The van der Waals surface area contributed by atoms with Gasteiger partial charge in [-0.3, -0.25) is 4.79 Å². The second-order valence-electron chi connectivity index (χ2n) is 7.02. The molecule has 26 heavy (non-hydrogen) atoms. The smallest absolute Gasteiger partial charge is 0.344 e. The number of carbonyl (C=O) groups excluding carboxylic acids is 2. The van der Waals surface area contributed by atoms with E-state index in [9.17, 15) is 9.59 Å². The first-order valence-electron chi connectivity index (χ1n) is 8.55. The number of rotatable bonds is 7. The van der Waals surface area contributed by atoms with Gasteiger partial charge in [0, 0.05) is 12.0 Å². The van der Waals surface area contributed by atoms with E-state index in [0.29, 0.717) is 12.2 Å². The molecule has 0 saturated carbocycles. The van der Waals surface area contributed by atoms with E-state index >= 15 is 0 Å². The Morgan fingerprint density at radius 3 is 2.27 bits per heavy atom. The highest BCUT2D eigenvalue weighted by molar-refractivity contribution is 5.81. The Hall–Kier alpha value is -2.82. The van der Waals surface area contributed by atoms with Crippen LogP contribution in [0.25, 0.3) is 0 Å². The minimum Gasteiger partial charge on any atom is -0.482 e. The molecule has 1 amide bonds. The van der Waals surface area contributed by atoms with Crippen LogP contribution in [0.1, 0.15) is 31.9 Å². The van der Waals surface area contributed by atoms with Gasteiger partial charge in [-0.2, -0.15) is 0 Å². The average molecular weight is 355 g/mol. The lowest BCUT2D eigenvalue weighted by Crippen LogP contribution is -2.43. The van der Waals surface area contributed by atoms with Gasteiger partial charge in [-0.25, -0.2) is 4.79 Å². The minimum atomic E-state index is -0.580. The standard InChI is InChI=1S/C21H25NO4/c1-21(2,3)22-19(23)14-26-20(24)15-25-18-12-8-7-11-17(18)13-16-9-5-4-6-10-16/h4-12H,13-15H2,1-3H3,(H,22,23). The van der Waals surface area contributed by atoms with E-state index < -0.39 is 5.97 Å². The molecule has 5 nitrogen and oxygen atoms in total. The molecule has 0 heterocycles. The van der Waals surface area contributed by atoms with Gasteiger partial charge in [0.15, 0.2) is 13.2 Å². The van der Waals surface area contributed by atoms with Crippen molar-refractivity contribution in [2.24, 2.45) is 0 Å². The van der Waals surface area contributed by atoms with E-state index in [1.54, 1.807) is 0 Å². The van der Waals surface area contributed by atoms with Gasteiger partial charge in [-0.15, -0.1) is 0 Å². The third kappa shape index (κ3) is 6.97. The fourth-order valence-electron chi connectivity index (χ4n) is 2.39. The summed E-state index contributed by atoms with van der Waals surface area (Å²) in [6.45, 7) is 5.03. The van der Waals surface area contributed by atoms with Crippen molar-refractivity contribution in [3.63, 3.8) is 0 Å². The molecule has 0 aromatic heterocycles. The lowest BCUT2D eigenvalue weighted by atomic mass is 10.0. The van der Waals surface area contributed by atoms with Gasteiger partial charge in [0.05, 0.1) is 0 Å². The number of esters is 1. The molecule has 0 saturated heterocycles. The SMILES string of the molecule is CC(C)(C)NC(=O)COC(=O)COc1ccccc1Cc1ccccc1. The predicted molar refractivity (Wildman–Crippen MR) is 100 cm³/mol. The third-order valence-electron chi connectivity index (χ3n) is 3.43. The molecular formula is C21H25NO4. The van der Waals surface area contributed by atoms with Crippen molar-refractivity contribution in [1.82, 2.24) is 5.32 Å². The summed E-state index contributed by atoms with van der Waals surface area (Å²) in [6, 6.07) is 17.6. The van der Waals surface area contributed by atoms with Crippen molar-refractivity contribution >= 4 is 11.9 Å². The summed E-state index contributed by atoms with van der Waals surface area (Å²) in [5.74, 6) is -0.286. The van der Waals surface area contributed by atoms with Gasteiger partial charge in [0.1, 0.15) is 5.75 Å². The molecule has 1 N–H and O–H groups in total. The molecule has 0 unspecified atom stereocenters. The summed E-state index contributed by atoms with van der Waals surface area (Å²) in [6.07, 6.45) is 0.708. The molecule has 0 aliphatic carbocycles. The third-order valence-corrected chi connectivity index (χ3v) is 3.43. The Bertz CT molecular complexity index is 735. The Balaban J connectivity index is 1.85. The molecule has 0 fully saturated rings. The van der Waals surface area contributed by atoms with E-state index in [1.165, 1.54) is 0 Å². The minimum absolute atomic E-state index is 0.241. The zero-order valence-electron chi connectivity index (χ0n) is 15.5. The number of ether oxygens (including phenoxy) is 2. The van der Waals surface area contributed by atoms with Crippen molar-refractivity contribution in [3.8, 4) is 5.75 Å². The van der Waals surface area contributed by atoms with Crippen molar-refractivity contribution in [3.05, 3.63) is 65.7 Å². The quantitative estimate of drug-likeness (QED) is 0.775. The molecule has 2 rings (SSSR count). The highest BCUT2D eigenvalue weighted by atomic mass is 16.6. The lowest BCUT2D eigenvalue weighted by Gasteiger charge is -2.20. The second kappa shape index (κ2) is 9.04. The molecule has 0 radical (unpaired) electrons. The summed E-state index contributed by atoms with van der Waals surface area (Å²) < 4.78 is 10.6. The molecule has 5 heteroatoms. The van der Waals surface area contributed by atoms with E-state index in [4.69, 9.17) is 9.47 Å². The number of hydrogen-bond acceptors (Lipinski definition) is 4. The van der Waals surface area contributed by atoms with Crippen LogP contribution in [0, 0.1) is 0 Å². The van der Waals surface area contributed by atoms with Crippen LogP contribution in [0.3, 0.4) is 0 Å². The van der Waals surface area contributed by atoms with Gasteiger partial charge in [-0.05, 0) is 38.0 Å². The normalized spacial score (nSPS) is 10.9. The number of benzene rings is 2. The molecule has 0 aliphatic rings. The molecule has 0 atom stereocenters. The molecule has 2 aromatic carbocycles. The maximum Gasteiger partial charge on any atom is 0.344 e. The molecule has 0 aliphatic heterocycles. The summed E-state index contributed by atoms with van der Waals surface area (Å²) in [7, 11) is 0. The Kier molecular flexibility index (Phi) is 6.78. The first kappa shape index (κ1) is 19.5. The Morgan fingerprint density at radius 1 is 0.923 bits per heavy atom.